The average molecular weight is 375 g/mol. The van der Waals surface area contributed by atoms with Gasteiger partial charge >= 0.3 is 5.97 Å². The Balaban J connectivity index is 1.73. The Labute approximate surface area is 124 Å². The van der Waals surface area contributed by atoms with Gasteiger partial charge in [0.05, 0.1) is 5.41 Å². The molecule has 0 saturated heterocycles. The Morgan fingerprint density at radius 1 is 1.32 bits per heavy atom. The number of hydrogen-bond donors (Lipinski definition) is 2. The minimum absolute atomic E-state index is 0.101. The van der Waals surface area contributed by atoms with Crippen LogP contribution in [0.25, 0.3) is 0 Å². The summed E-state index contributed by atoms with van der Waals surface area (Å²) in [6, 6.07) is 7.35. The topological polar surface area (TPSA) is 75.6 Å². The first-order valence-electron chi connectivity index (χ1n) is 5.90. The lowest BCUT2D eigenvalue weighted by Gasteiger charge is -2.11. The Bertz CT molecular complexity index is 482. The van der Waals surface area contributed by atoms with Crippen LogP contribution in [0.2, 0.25) is 0 Å². The van der Waals surface area contributed by atoms with Gasteiger partial charge in [0.1, 0.15) is 5.75 Å². The van der Waals surface area contributed by atoms with Crippen molar-refractivity contribution < 1.29 is 19.4 Å². The van der Waals surface area contributed by atoms with E-state index in [4.69, 9.17) is 9.84 Å². The van der Waals surface area contributed by atoms with Crippen LogP contribution in [0.5, 0.6) is 5.75 Å². The molecule has 0 aromatic heterocycles. The number of halogens is 1. The summed E-state index contributed by atoms with van der Waals surface area (Å²) < 4.78 is 6.40. The maximum absolute atomic E-state index is 11.5. The molecular formula is C13H14INO4. The normalized spacial score (nSPS) is 15.6. The molecule has 2 N–H and O–H groups in total. The van der Waals surface area contributed by atoms with E-state index >= 15 is 0 Å². The lowest BCUT2D eigenvalue weighted by atomic mass is 10.1. The van der Waals surface area contributed by atoms with Crippen molar-refractivity contribution in [3.63, 3.8) is 0 Å². The first-order valence-corrected chi connectivity index (χ1v) is 6.98. The van der Waals surface area contributed by atoms with Crippen molar-refractivity contribution in [3.8, 4) is 5.75 Å². The molecular weight excluding hydrogens is 361 g/mol. The van der Waals surface area contributed by atoms with E-state index in [-0.39, 0.29) is 19.1 Å². The Hall–Kier alpha value is -1.31. The molecule has 0 heterocycles. The van der Waals surface area contributed by atoms with Gasteiger partial charge in [0.2, 0.25) is 0 Å². The van der Waals surface area contributed by atoms with Crippen LogP contribution in [0.3, 0.4) is 0 Å². The zero-order chi connectivity index (χ0) is 13.9. The molecule has 0 bridgehead atoms. The SMILES string of the molecule is O=C(COc1ccc(I)cc1)NCC1(C(=O)O)CC1. The highest BCUT2D eigenvalue weighted by Crippen LogP contribution is 2.45. The summed E-state index contributed by atoms with van der Waals surface area (Å²) >= 11 is 2.18. The van der Waals surface area contributed by atoms with E-state index in [0.717, 1.165) is 3.57 Å². The first kappa shape index (κ1) is 14.1. The second kappa shape index (κ2) is 5.77. The number of ether oxygens (including phenoxy) is 1. The second-order valence-electron chi connectivity index (χ2n) is 4.60. The fourth-order valence-corrected chi connectivity index (χ4v) is 1.98. The third kappa shape index (κ3) is 3.82. The van der Waals surface area contributed by atoms with Gasteiger partial charge in [-0.05, 0) is 59.7 Å². The molecule has 1 fully saturated rings. The number of hydrogen-bond acceptors (Lipinski definition) is 3. The second-order valence-corrected chi connectivity index (χ2v) is 5.85. The molecule has 1 saturated carbocycles. The quantitative estimate of drug-likeness (QED) is 0.742. The molecule has 1 aromatic rings. The predicted octanol–water partition coefficient (Wildman–Crippen LogP) is 1.65. The highest BCUT2D eigenvalue weighted by Gasteiger charge is 2.50. The fourth-order valence-electron chi connectivity index (χ4n) is 1.62. The fraction of sp³-hybridized carbons (Fsp3) is 0.385. The Morgan fingerprint density at radius 2 is 1.95 bits per heavy atom. The minimum atomic E-state index is -0.841. The number of aliphatic carboxylic acids is 1. The Kier molecular flexibility index (Phi) is 4.28. The van der Waals surface area contributed by atoms with Crippen molar-refractivity contribution in [1.82, 2.24) is 5.32 Å². The monoisotopic (exact) mass is 375 g/mol. The molecule has 0 spiro atoms. The summed E-state index contributed by atoms with van der Waals surface area (Å²) in [5.74, 6) is -0.521. The standard InChI is InChI=1S/C13H14INO4/c14-9-1-3-10(4-2-9)19-7-11(16)15-8-13(5-6-13)12(17)18/h1-4H,5-8H2,(H,15,16)(H,17,18). The van der Waals surface area contributed by atoms with E-state index in [1.54, 1.807) is 12.1 Å². The first-order chi connectivity index (χ1) is 9.02. The van der Waals surface area contributed by atoms with Crippen molar-refractivity contribution in [1.29, 1.82) is 0 Å². The third-order valence-corrected chi connectivity index (χ3v) is 3.83. The summed E-state index contributed by atoms with van der Waals surface area (Å²) in [6.45, 7) is 0.0769. The van der Waals surface area contributed by atoms with Gasteiger partial charge in [-0.15, -0.1) is 0 Å². The summed E-state index contributed by atoms with van der Waals surface area (Å²) in [7, 11) is 0. The molecule has 2 rings (SSSR count). The van der Waals surface area contributed by atoms with E-state index in [9.17, 15) is 9.59 Å². The molecule has 0 aliphatic heterocycles. The smallest absolute Gasteiger partial charge is 0.311 e. The zero-order valence-corrected chi connectivity index (χ0v) is 12.3. The van der Waals surface area contributed by atoms with Crippen LogP contribution in [0.1, 0.15) is 12.8 Å². The lowest BCUT2D eigenvalue weighted by molar-refractivity contribution is -0.143. The highest BCUT2D eigenvalue weighted by molar-refractivity contribution is 14.1. The van der Waals surface area contributed by atoms with Gasteiger partial charge in [0.15, 0.2) is 6.61 Å². The summed E-state index contributed by atoms with van der Waals surface area (Å²) in [5.41, 5.74) is -0.738. The van der Waals surface area contributed by atoms with Crippen LogP contribution < -0.4 is 10.1 Å². The largest absolute Gasteiger partial charge is 0.484 e. The van der Waals surface area contributed by atoms with Crippen LogP contribution in [0, 0.1) is 8.99 Å². The number of carbonyl (C=O) groups excluding carboxylic acids is 1. The van der Waals surface area contributed by atoms with Gasteiger partial charge < -0.3 is 15.2 Å². The van der Waals surface area contributed by atoms with Crippen LogP contribution in [0.15, 0.2) is 24.3 Å². The van der Waals surface area contributed by atoms with Crippen molar-refractivity contribution >= 4 is 34.5 Å². The summed E-state index contributed by atoms with van der Waals surface area (Å²) in [4.78, 5) is 22.5. The van der Waals surface area contributed by atoms with E-state index in [1.807, 2.05) is 12.1 Å². The number of carbonyl (C=O) groups is 2. The lowest BCUT2D eigenvalue weighted by Crippen LogP contribution is -2.36. The minimum Gasteiger partial charge on any atom is -0.484 e. The van der Waals surface area contributed by atoms with E-state index in [2.05, 4.69) is 27.9 Å². The number of carboxylic acid groups (broad SMARTS) is 1. The van der Waals surface area contributed by atoms with Gasteiger partial charge in [0, 0.05) is 10.1 Å². The predicted molar refractivity (Wildman–Crippen MR) is 77.0 cm³/mol. The maximum Gasteiger partial charge on any atom is 0.311 e. The van der Waals surface area contributed by atoms with Gasteiger partial charge in [-0.1, -0.05) is 0 Å². The molecule has 19 heavy (non-hydrogen) atoms. The van der Waals surface area contributed by atoms with E-state index in [0.29, 0.717) is 18.6 Å². The molecule has 0 unspecified atom stereocenters. The number of nitrogens with one attached hydrogen (secondary N) is 1. The summed E-state index contributed by atoms with van der Waals surface area (Å²) in [5, 5.41) is 11.6. The van der Waals surface area contributed by atoms with E-state index < -0.39 is 11.4 Å². The van der Waals surface area contributed by atoms with Gasteiger partial charge in [-0.3, -0.25) is 9.59 Å². The molecule has 1 aliphatic carbocycles. The van der Waals surface area contributed by atoms with Crippen LogP contribution in [-0.4, -0.2) is 30.1 Å². The van der Waals surface area contributed by atoms with Crippen LogP contribution in [-0.2, 0) is 9.59 Å². The summed E-state index contributed by atoms with van der Waals surface area (Å²) in [6.07, 6.45) is 1.25. The highest BCUT2D eigenvalue weighted by atomic mass is 127. The van der Waals surface area contributed by atoms with E-state index in [1.165, 1.54) is 0 Å². The van der Waals surface area contributed by atoms with Gasteiger partial charge in [-0.25, -0.2) is 0 Å². The van der Waals surface area contributed by atoms with Crippen molar-refractivity contribution in [2.75, 3.05) is 13.2 Å². The van der Waals surface area contributed by atoms with Crippen molar-refractivity contribution in [3.05, 3.63) is 27.8 Å². The molecule has 102 valence electrons. The average Bonchev–Trinajstić information content (AvgIpc) is 3.17. The molecule has 0 radical (unpaired) electrons. The molecule has 0 atom stereocenters. The maximum atomic E-state index is 11.5. The molecule has 1 aromatic carbocycles. The number of amides is 1. The van der Waals surface area contributed by atoms with Crippen LogP contribution >= 0.6 is 22.6 Å². The Morgan fingerprint density at radius 3 is 2.47 bits per heavy atom. The number of rotatable bonds is 6. The third-order valence-electron chi connectivity index (χ3n) is 3.11. The van der Waals surface area contributed by atoms with Crippen molar-refractivity contribution in [2.24, 2.45) is 5.41 Å². The molecule has 1 amide bonds. The van der Waals surface area contributed by atoms with Gasteiger partial charge in [-0.2, -0.15) is 0 Å². The number of carboxylic acids is 1. The molecule has 1 aliphatic rings. The zero-order valence-electron chi connectivity index (χ0n) is 10.2. The molecule has 6 heteroatoms. The van der Waals surface area contributed by atoms with Crippen LogP contribution in [0.4, 0.5) is 0 Å². The molecule has 5 nitrogen and oxygen atoms in total. The van der Waals surface area contributed by atoms with Gasteiger partial charge in [0.25, 0.3) is 5.91 Å². The number of benzene rings is 1. The van der Waals surface area contributed by atoms with Crippen molar-refractivity contribution in [2.45, 2.75) is 12.8 Å².